The Labute approximate surface area is 104 Å². The molecule has 0 aromatic heterocycles. The highest BCUT2D eigenvalue weighted by Crippen LogP contribution is 2.31. The first-order valence-corrected chi connectivity index (χ1v) is 7.12. The fraction of sp³-hybridized carbons (Fsp3) is 0.929. The molecule has 0 aromatic rings. The molecule has 0 radical (unpaired) electrons. The van der Waals surface area contributed by atoms with E-state index in [-0.39, 0.29) is 5.92 Å². The first kappa shape index (κ1) is 12.9. The van der Waals surface area contributed by atoms with E-state index in [2.05, 4.69) is 11.8 Å². The van der Waals surface area contributed by atoms with Crippen molar-refractivity contribution in [2.45, 2.75) is 45.4 Å². The lowest BCUT2D eigenvalue weighted by atomic mass is 9.80. The van der Waals surface area contributed by atoms with Crippen molar-refractivity contribution in [3.8, 4) is 0 Å². The average Bonchev–Trinajstić information content (AvgIpc) is 2.32. The maximum absolute atomic E-state index is 11.0. The van der Waals surface area contributed by atoms with Gasteiger partial charge in [-0.3, -0.25) is 4.79 Å². The molecular formula is C14H25NO2. The number of carbonyl (C=O) groups is 1. The van der Waals surface area contributed by atoms with Crippen LogP contribution < -0.4 is 0 Å². The number of piperidine rings is 1. The minimum Gasteiger partial charge on any atom is -0.481 e. The Morgan fingerprint density at radius 3 is 2.71 bits per heavy atom. The lowest BCUT2D eigenvalue weighted by Crippen LogP contribution is -2.42. The molecule has 0 aromatic carbocycles. The third-order valence-corrected chi connectivity index (χ3v) is 4.64. The lowest BCUT2D eigenvalue weighted by molar-refractivity contribution is -0.143. The number of nitrogens with zero attached hydrogens (tertiary/aromatic N) is 1. The predicted octanol–water partition coefficient (Wildman–Crippen LogP) is 2.61. The fourth-order valence-corrected chi connectivity index (χ4v) is 3.42. The second kappa shape index (κ2) is 5.85. The Bertz CT molecular complexity index is 267. The molecule has 1 aliphatic heterocycles. The molecule has 1 saturated heterocycles. The number of hydrogen-bond acceptors (Lipinski definition) is 2. The summed E-state index contributed by atoms with van der Waals surface area (Å²) in [7, 11) is 0. The molecule has 1 heterocycles. The lowest BCUT2D eigenvalue weighted by Gasteiger charge is -2.37. The zero-order valence-electron chi connectivity index (χ0n) is 10.9. The van der Waals surface area contributed by atoms with Crippen LogP contribution in [0.5, 0.6) is 0 Å². The molecular weight excluding hydrogens is 214 g/mol. The van der Waals surface area contributed by atoms with Crippen LogP contribution in [0.2, 0.25) is 0 Å². The SMILES string of the molecule is CC1CCCCC1CN1CCCC(C(=O)O)C1. The van der Waals surface area contributed by atoms with Crippen LogP contribution in [0.3, 0.4) is 0 Å². The zero-order chi connectivity index (χ0) is 12.3. The smallest absolute Gasteiger partial charge is 0.307 e. The number of likely N-dealkylation sites (tertiary alicyclic amines) is 1. The average molecular weight is 239 g/mol. The largest absolute Gasteiger partial charge is 0.481 e. The van der Waals surface area contributed by atoms with Gasteiger partial charge in [-0.15, -0.1) is 0 Å². The van der Waals surface area contributed by atoms with E-state index < -0.39 is 5.97 Å². The summed E-state index contributed by atoms with van der Waals surface area (Å²) in [4.78, 5) is 13.4. The molecule has 1 saturated carbocycles. The summed E-state index contributed by atoms with van der Waals surface area (Å²) in [6.45, 7) is 5.37. The van der Waals surface area contributed by atoms with Crippen molar-refractivity contribution >= 4 is 5.97 Å². The Morgan fingerprint density at radius 1 is 1.24 bits per heavy atom. The third kappa shape index (κ3) is 3.44. The first-order chi connectivity index (χ1) is 8.16. The molecule has 3 unspecified atom stereocenters. The van der Waals surface area contributed by atoms with Crippen molar-refractivity contribution in [1.29, 1.82) is 0 Å². The van der Waals surface area contributed by atoms with Crippen LogP contribution in [0.25, 0.3) is 0 Å². The molecule has 3 nitrogen and oxygen atoms in total. The summed E-state index contributed by atoms with van der Waals surface area (Å²) >= 11 is 0. The quantitative estimate of drug-likeness (QED) is 0.823. The molecule has 2 rings (SSSR count). The van der Waals surface area contributed by atoms with E-state index in [0.717, 1.165) is 44.3 Å². The van der Waals surface area contributed by atoms with Crippen molar-refractivity contribution in [2.75, 3.05) is 19.6 Å². The molecule has 1 aliphatic carbocycles. The number of rotatable bonds is 3. The van der Waals surface area contributed by atoms with Crippen LogP contribution in [0.1, 0.15) is 45.4 Å². The van der Waals surface area contributed by atoms with Crippen molar-refractivity contribution in [3.63, 3.8) is 0 Å². The second-order valence-electron chi connectivity index (χ2n) is 5.96. The van der Waals surface area contributed by atoms with Gasteiger partial charge in [-0.2, -0.15) is 0 Å². The molecule has 3 atom stereocenters. The van der Waals surface area contributed by atoms with E-state index >= 15 is 0 Å². The first-order valence-electron chi connectivity index (χ1n) is 7.12. The van der Waals surface area contributed by atoms with Crippen molar-refractivity contribution in [3.05, 3.63) is 0 Å². The Kier molecular flexibility index (Phi) is 4.43. The Balaban J connectivity index is 1.83. The maximum atomic E-state index is 11.0. The van der Waals surface area contributed by atoms with Crippen molar-refractivity contribution in [2.24, 2.45) is 17.8 Å². The normalized spacial score (nSPS) is 35.7. The molecule has 1 N–H and O–H groups in total. The predicted molar refractivity (Wildman–Crippen MR) is 67.9 cm³/mol. The highest BCUT2D eigenvalue weighted by Gasteiger charge is 2.29. The number of carboxylic acid groups (broad SMARTS) is 1. The van der Waals surface area contributed by atoms with Gasteiger partial charge in [0.15, 0.2) is 0 Å². The summed E-state index contributed by atoms with van der Waals surface area (Å²) < 4.78 is 0. The van der Waals surface area contributed by atoms with Crippen LogP contribution in [0.15, 0.2) is 0 Å². The molecule has 2 fully saturated rings. The maximum Gasteiger partial charge on any atom is 0.307 e. The molecule has 3 heteroatoms. The summed E-state index contributed by atoms with van der Waals surface area (Å²) in [6, 6.07) is 0. The monoisotopic (exact) mass is 239 g/mol. The molecule has 0 amide bonds. The van der Waals surface area contributed by atoms with E-state index in [1.807, 2.05) is 0 Å². The highest BCUT2D eigenvalue weighted by molar-refractivity contribution is 5.70. The van der Waals surface area contributed by atoms with Crippen molar-refractivity contribution in [1.82, 2.24) is 4.90 Å². The van der Waals surface area contributed by atoms with E-state index in [1.165, 1.54) is 25.7 Å². The van der Waals surface area contributed by atoms with Gasteiger partial charge in [0.1, 0.15) is 0 Å². The number of carboxylic acids is 1. The van der Waals surface area contributed by atoms with Gasteiger partial charge < -0.3 is 10.0 Å². The zero-order valence-corrected chi connectivity index (χ0v) is 10.9. The van der Waals surface area contributed by atoms with Gasteiger partial charge >= 0.3 is 5.97 Å². The van der Waals surface area contributed by atoms with Gasteiger partial charge in [0.2, 0.25) is 0 Å². The van der Waals surface area contributed by atoms with Crippen LogP contribution >= 0.6 is 0 Å². The van der Waals surface area contributed by atoms with Crippen molar-refractivity contribution < 1.29 is 9.90 Å². The van der Waals surface area contributed by atoms with Crippen LogP contribution in [-0.2, 0) is 4.79 Å². The van der Waals surface area contributed by atoms with Gasteiger partial charge in [-0.1, -0.05) is 26.2 Å². The van der Waals surface area contributed by atoms with Gasteiger partial charge in [0.25, 0.3) is 0 Å². The second-order valence-corrected chi connectivity index (χ2v) is 5.96. The van der Waals surface area contributed by atoms with Gasteiger partial charge in [-0.25, -0.2) is 0 Å². The molecule has 98 valence electrons. The van der Waals surface area contributed by atoms with Crippen LogP contribution in [-0.4, -0.2) is 35.6 Å². The summed E-state index contributed by atoms with van der Waals surface area (Å²) in [6.07, 6.45) is 7.38. The summed E-state index contributed by atoms with van der Waals surface area (Å²) in [5, 5.41) is 9.09. The van der Waals surface area contributed by atoms with Gasteiger partial charge in [0.05, 0.1) is 5.92 Å². The summed E-state index contributed by atoms with van der Waals surface area (Å²) in [5.41, 5.74) is 0. The van der Waals surface area contributed by atoms with E-state index in [9.17, 15) is 4.79 Å². The van der Waals surface area contributed by atoms with E-state index in [1.54, 1.807) is 0 Å². The Morgan fingerprint density at radius 2 is 2.00 bits per heavy atom. The van der Waals surface area contributed by atoms with Crippen LogP contribution in [0.4, 0.5) is 0 Å². The fourth-order valence-electron chi connectivity index (χ4n) is 3.42. The molecule has 2 aliphatic rings. The van der Waals surface area contributed by atoms with Gasteiger partial charge in [0, 0.05) is 13.1 Å². The van der Waals surface area contributed by atoms with E-state index in [4.69, 9.17) is 5.11 Å². The standard InChI is InChI=1S/C14H25NO2/c1-11-5-2-3-6-12(11)9-15-8-4-7-13(10-15)14(16)17/h11-13H,2-10H2,1H3,(H,16,17). The van der Waals surface area contributed by atoms with Crippen LogP contribution in [0, 0.1) is 17.8 Å². The third-order valence-electron chi connectivity index (χ3n) is 4.64. The number of hydrogen-bond donors (Lipinski definition) is 1. The minimum atomic E-state index is -0.605. The minimum absolute atomic E-state index is 0.123. The van der Waals surface area contributed by atoms with E-state index in [0.29, 0.717) is 0 Å². The number of aliphatic carboxylic acids is 1. The Hall–Kier alpha value is -0.570. The summed E-state index contributed by atoms with van der Waals surface area (Å²) in [5.74, 6) is 0.902. The molecule has 0 bridgehead atoms. The molecule has 0 spiro atoms. The topological polar surface area (TPSA) is 40.5 Å². The van der Waals surface area contributed by atoms with Gasteiger partial charge in [-0.05, 0) is 37.6 Å². The highest BCUT2D eigenvalue weighted by atomic mass is 16.4. The molecule has 17 heavy (non-hydrogen) atoms.